The van der Waals surface area contributed by atoms with Gasteiger partial charge < -0.3 is 0 Å². The fraction of sp³-hybridized carbons (Fsp3) is 0.582. The smallest absolute Gasteiger partial charge is 0.0660 e. The highest BCUT2D eigenvalue weighted by Crippen LogP contribution is 2.71. The van der Waals surface area contributed by atoms with Crippen LogP contribution in [-0.4, -0.2) is 0 Å². The normalized spacial score (nSPS) is 15.2. The highest BCUT2D eigenvalue weighted by Gasteiger charge is 2.57. The molecule has 5 aromatic rings. The van der Waals surface area contributed by atoms with E-state index in [-0.39, 0.29) is 16.2 Å². The number of thiophene rings is 1. The molecule has 0 saturated heterocycles. The molecule has 0 N–H and O–H groups in total. The van der Waals surface area contributed by atoms with Gasteiger partial charge in [0.2, 0.25) is 0 Å². The summed E-state index contributed by atoms with van der Waals surface area (Å²) in [6, 6.07) is 33.1. The van der Waals surface area contributed by atoms with Crippen molar-refractivity contribution in [2.24, 2.45) is 0 Å². The van der Waals surface area contributed by atoms with E-state index < -0.39 is 0 Å². The van der Waals surface area contributed by atoms with Crippen LogP contribution in [0.5, 0.6) is 0 Å². The molecule has 0 radical (unpaired) electrons. The largest absolute Gasteiger partial charge is 0.129 e. The lowest BCUT2D eigenvalue weighted by atomic mass is 9.63. The molecule has 8 rings (SSSR count). The zero-order chi connectivity index (χ0) is 48.3. The minimum absolute atomic E-state index is 0.00222. The lowest BCUT2D eigenvalue weighted by Gasteiger charge is -2.39. The van der Waals surface area contributed by atoms with Gasteiger partial charge >= 0.3 is 0 Å². The number of hydrogen-bond acceptors (Lipinski definition) is 1. The highest BCUT2D eigenvalue weighted by molar-refractivity contribution is 14.1. The van der Waals surface area contributed by atoms with Crippen LogP contribution in [0.4, 0.5) is 0 Å². The summed E-state index contributed by atoms with van der Waals surface area (Å²) in [5, 5.41) is 0. The van der Waals surface area contributed by atoms with Gasteiger partial charge in [-0.3, -0.25) is 0 Å². The number of hydrogen-bond donors (Lipinski definition) is 0. The summed E-state index contributed by atoms with van der Waals surface area (Å²) in [6.07, 6.45) is 39.1. The van der Waals surface area contributed by atoms with E-state index in [2.05, 4.69) is 143 Å². The molecule has 372 valence electrons. The van der Waals surface area contributed by atoms with Crippen molar-refractivity contribution >= 4 is 33.9 Å². The molecule has 0 unspecified atom stereocenters. The third-order valence-electron chi connectivity index (χ3n) is 17.8. The summed E-state index contributed by atoms with van der Waals surface area (Å²) in [5.74, 6) is 0. The molecular weight excluding hydrogens is 964 g/mol. The summed E-state index contributed by atoms with van der Waals surface area (Å²) < 4.78 is 1.38. The average molecular weight is 1060 g/mol. The number of benzene rings is 4. The maximum atomic E-state index is 2.78. The zero-order valence-corrected chi connectivity index (χ0v) is 47.5. The summed E-state index contributed by atoms with van der Waals surface area (Å²) in [4.78, 5) is 1.43. The molecule has 0 aliphatic heterocycles. The van der Waals surface area contributed by atoms with E-state index in [4.69, 9.17) is 0 Å². The number of fused-ring (bicyclic) bond motifs is 12. The molecule has 4 aromatic carbocycles. The van der Waals surface area contributed by atoms with Crippen LogP contribution in [0.25, 0.3) is 43.8 Å². The Labute approximate surface area is 440 Å². The average Bonchev–Trinajstić information content (AvgIpc) is 4.09. The predicted octanol–water partition coefficient (Wildman–Crippen LogP) is 22.6. The maximum Gasteiger partial charge on any atom is 0.0660 e. The van der Waals surface area contributed by atoms with Gasteiger partial charge in [0.1, 0.15) is 0 Å². The molecule has 0 saturated carbocycles. The van der Waals surface area contributed by atoms with E-state index in [1.165, 1.54) is 206 Å². The predicted molar refractivity (Wildman–Crippen MR) is 314 cm³/mol. The second-order valence-electron chi connectivity index (χ2n) is 22.3. The van der Waals surface area contributed by atoms with Gasteiger partial charge in [-0.2, -0.15) is 0 Å². The maximum absolute atomic E-state index is 2.78. The molecule has 1 aromatic heterocycles. The fourth-order valence-corrected chi connectivity index (χ4v) is 16.1. The van der Waals surface area contributed by atoms with E-state index in [0.29, 0.717) is 0 Å². The SMILES string of the molecule is CCCCCCC1(CCCCCC)c2ccccc2-c2c1c1c(c3c2C(CCCCCC)(CCCCCC)c2cc(-c4ccc(I)s4)ccc2-3)C(CCCCCC)(CCCCCC)c2ccccc2-1. The van der Waals surface area contributed by atoms with Crippen LogP contribution in [0.1, 0.15) is 268 Å². The first-order valence-corrected chi connectivity index (χ1v) is 31.2. The van der Waals surface area contributed by atoms with Crippen LogP contribution in [0, 0.1) is 2.88 Å². The molecule has 69 heavy (non-hydrogen) atoms. The van der Waals surface area contributed by atoms with Crippen LogP contribution >= 0.6 is 33.9 Å². The van der Waals surface area contributed by atoms with Gasteiger partial charge in [0.25, 0.3) is 0 Å². The molecule has 0 spiro atoms. The van der Waals surface area contributed by atoms with E-state index in [9.17, 15) is 0 Å². The van der Waals surface area contributed by atoms with Crippen molar-refractivity contribution < 1.29 is 0 Å². The summed E-state index contributed by atoms with van der Waals surface area (Å²) in [5.41, 5.74) is 21.8. The van der Waals surface area contributed by atoms with Gasteiger partial charge in [0, 0.05) is 21.1 Å². The van der Waals surface area contributed by atoms with Gasteiger partial charge in [-0.15, -0.1) is 11.3 Å². The lowest BCUT2D eigenvalue weighted by Crippen LogP contribution is -2.31. The van der Waals surface area contributed by atoms with Gasteiger partial charge in [0.05, 0.1) is 2.88 Å². The fourth-order valence-electron chi connectivity index (χ4n) is 14.5. The van der Waals surface area contributed by atoms with Crippen molar-refractivity contribution in [3.63, 3.8) is 0 Å². The highest BCUT2D eigenvalue weighted by atomic mass is 127. The number of rotatable bonds is 31. The first-order chi connectivity index (χ1) is 33.9. The Hall–Kier alpha value is -2.69. The molecule has 0 atom stereocenters. The number of halogens is 1. The molecule has 0 fully saturated rings. The van der Waals surface area contributed by atoms with Crippen molar-refractivity contribution in [3.8, 4) is 43.8 Å². The van der Waals surface area contributed by atoms with Gasteiger partial charge in [-0.05, 0) is 152 Å². The van der Waals surface area contributed by atoms with E-state index >= 15 is 0 Å². The van der Waals surface area contributed by atoms with Crippen LogP contribution in [0.2, 0.25) is 0 Å². The molecule has 3 aliphatic carbocycles. The standard InChI is InChI=1S/C67H91IS/c1-7-13-19-29-43-65(44-30-20-14-8-2)55-38-28-26-36-52(55)60-62(65)59-51-35-25-27-37-54(51)66(45-31-21-15-9-3,46-32-22-16-10-4)63(59)61-53-40-39-50(57-41-42-58(68)69-57)49-56(53)67(64(60)61,47-33-23-17-11-5)48-34-24-18-12-6/h25-28,35-42,49H,7-24,29-34,43-48H2,1-6H3. The topological polar surface area (TPSA) is 0 Å². The van der Waals surface area contributed by atoms with Crippen molar-refractivity contribution in [1.82, 2.24) is 0 Å². The molecular formula is C67H91IS. The summed E-state index contributed by atoms with van der Waals surface area (Å²) in [7, 11) is 0. The second kappa shape index (κ2) is 24.8. The van der Waals surface area contributed by atoms with Gasteiger partial charge in [-0.1, -0.05) is 256 Å². The van der Waals surface area contributed by atoms with Crippen LogP contribution < -0.4 is 0 Å². The molecule has 3 aliphatic rings. The van der Waals surface area contributed by atoms with Crippen molar-refractivity contribution in [2.45, 2.75) is 250 Å². The Morgan fingerprint density at radius 2 is 0.681 bits per heavy atom. The van der Waals surface area contributed by atoms with Crippen LogP contribution in [-0.2, 0) is 16.2 Å². The van der Waals surface area contributed by atoms with Crippen LogP contribution in [0.3, 0.4) is 0 Å². The third-order valence-corrected chi connectivity index (χ3v) is 19.7. The minimum atomic E-state index is -0.0375. The second-order valence-corrected chi connectivity index (χ2v) is 25.3. The van der Waals surface area contributed by atoms with Crippen LogP contribution in [0.15, 0.2) is 78.9 Å². The van der Waals surface area contributed by atoms with Gasteiger partial charge in [0.15, 0.2) is 0 Å². The monoisotopic (exact) mass is 1050 g/mol. The minimum Gasteiger partial charge on any atom is -0.129 e. The van der Waals surface area contributed by atoms with E-state index in [0.717, 1.165) is 0 Å². The molecule has 2 heteroatoms. The van der Waals surface area contributed by atoms with E-state index in [1.807, 2.05) is 11.3 Å². The van der Waals surface area contributed by atoms with Crippen molar-refractivity contribution in [1.29, 1.82) is 0 Å². The Morgan fingerprint density at radius 1 is 0.348 bits per heavy atom. The lowest BCUT2D eigenvalue weighted by molar-refractivity contribution is 0.389. The number of unbranched alkanes of at least 4 members (excludes halogenated alkanes) is 18. The Balaban J connectivity index is 1.55. The molecule has 0 bridgehead atoms. The quantitative estimate of drug-likeness (QED) is 0.0307. The van der Waals surface area contributed by atoms with Gasteiger partial charge in [-0.25, -0.2) is 0 Å². The molecule has 0 nitrogen and oxygen atoms in total. The zero-order valence-electron chi connectivity index (χ0n) is 44.5. The van der Waals surface area contributed by atoms with Crippen molar-refractivity contribution in [2.75, 3.05) is 0 Å². The van der Waals surface area contributed by atoms with Crippen molar-refractivity contribution in [3.05, 3.63) is 115 Å². The Morgan fingerprint density at radius 3 is 1.01 bits per heavy atom. The first kappa shape index (κ1) is 52.6. The Kier molecular flexibility index (Phi) is 18.9. The molecule has 0 amide bonds. The first-order valence-electron chi connectivity index (χ1n) is 29.3. The summed E-state index contributed by atoms with van der Waals surface area (Å²) in [6.45, 7) is 14.4. The Bertz CT molecular complexity index is 2380. The molecule has 1 heterocycles. The van der Waals surface area contributed by atoms with E-state index in [1.54, 1.807) is 66.8 Å². The third kappa shape index (κ3) is 10.3. The summed E-state index contributed by atoms with van der Waals surface area (Å²) >= 11 is 4.52.